The number of nitrogens with one attached hydrogen (secondary N) is 1. The zero-order valence-electron chi connectivity index (χ0n) is 11.4. The van der Waals surface area contributed by atoms with Crippen LogP contribution in [0.4, 0.5) is 0 Å². The average Bonchev–Trinajstić information content (AvgIpc) is 2.84. The predicted octanol–water partition coefficient (Wildman–Crippen LogP) is 3.43. The topological polar surface area (TPSA) is 36.1 Å². The molecular formula is C15H20N2O. The van der Waals surface area contributed by atoms with Crippen LogP contribution in [0.5, 0.6) is 0 Å². The quantitative estimate of drug-likeness (QED) is 0.882. The van der Waals surface area contributed by atoms with E-state index in [1.54, 1.807) is 0 Å². The number of H-pyrrole nitrogens is 1. The van der Waals surface area contributed by atoms with E-state index in [0.29, 0.717) is 0 Å². The SMILES string of the molecule is CCC(C)(C)N(C)C(=O)c1cccc2[nH]ccc12. The van der Waals surface area contributed by atoms with E-state index in [-0.39, 0.29) is 11.4 Å². The van der Waals surface area contributed by atoms with Crippen molar-refractivity contribution in [3.63, 3.8) is 0 Å². The summed E-state index contributed by atoms with van der Waals surface area (Å²) in [6, 6.07) is 7.74. The van der Waals surface area contributed by atoms with Crippen molar-refractivity contribution in [3.8, 4) is 0 Å². The van der Waals surface area contributed by atoms with Gasteiger partial charge in [-0.2, -0.15) is 0 Å². The maximum absolute atomic E-state index is 12.6. The van der Waals surface area contributed by atoms with Crippen molar-refractivity contribution < 1.29 is 4.79 Å². The third kappa shape index (κ3) is 2.01. The molecule has 1 heterocycles. The number of amides is 1. The molecular weight excluding hydrogens is 224 g/mol. The fraction of sp³-hybridized carbons (Fsp3) is 0.400. The number of benzene rings is 1. The van der Waals surface area contributed by atoms with Crippen molar-refractivity contribution in [1.82, 2.24) is 9.88 Å². The van der Waals surface area contributed by atoms with E-state index in [4.69, 9.17) is 0 Å². The van der Waals surface area contributed by atoms with E-state index in [1.165, 1.54) is 0 Å². The minimum absolute atomic E-state index is 0.0760. The molecule has 0 atom stereocenters. The highest BCUT2D eigenvalue weighted by Crippen LogP contribution is 2.23. The summed E-state index contributed by atoms with van der Waals surface area (Å²) in [5, 5.41) is 0.987. The molecule has 1 aromatic carbocycles. The monoisotopic (exact) mass is 244 g/mol. The molecule has 0 saturated carbocycles. The third-order valence-corrected chi connectivity index (χ3v) is 3.90. The van der Waals surface area contributed by atoms with E-state index in [2.05, 4.69) is 25.8 Å². The van der Waals surface area contributed by atoms with Crippen molar-refractivity contribution in [2.75, 3.05) is 7.05 Å². The smallest absolute Gasteiger partial charge is 0.254 e. The number of fused-ring (bicyclic) bond motifs is 1. The molecule has 0 radical (unpaired) electrons. The summed E-state index contributed by atoms with van der Waals surface area (Å²) in [7, 11) is 1.87. The summed E-state index contributed by atoms with van der Waals surface area (Å²) in [5.74, 6) is 0.0760. The highest BCUT2D eigenvalue weighted by molar-refractivity contribution is 6.06. The maximum atomic E-state index is 12.6. The Labute approximate surface area is 108 Å². The first-order valence-corrected chi connectivity index (χ1v) is 6.31. The van der Waals surface area contributed by atoms with Crippen LogP contribution in [0.25, 0.3) is 10.9 Å². The first-order valence-electron chi connectivity index (χ1n) is 6.31. The Kier molecular flexibility index (Phi) is 3.16. The van der Waals surface area contributed by atoms with Gasteiger partial charge in [-0.05, 0) is 38.5 Å². The maximum Gasteiger partial charge on any atom is 0.254 e. The number of nitrogens with zero attached hydrogens (tertiary/aromatic N) is 1. The van der Waals surface area contributed by atoms with E-state index in [9.17, 15) is 4.79 Å². The summed E-state index contributed by atoms with van der Waals surface area (Å²) in [4.78, 5) is 17.5. The van der Waals surface area contributed by atoms with Gasteiger partial charge in [0.05, 0.1) is 0 Å². The minimum atomic E-state index is -0.129. The van der Waals surface area contributed by atoms with Crippen molar-refractivity contribution in [2.24, 2.45) is 0 Å². The van der Waals surface area contributed by atoms with Crippen molar-refractivity contribution in [1.29, 1.82) is 0 Å². The van der Waals surface area contributed by atoms with E-state index in [1.807, 2.05) is 42.4 Å². The zero-order valence-corrected chi connectivity index (χ0v) is 11.4. The number of aromatic nitrogens is 1. The molecule has 1 aromatic heterocycles. The molecule has 0 bridgehead atoms. The summed E-state index contributed by atoms with van der Waals surface area (Å²) >= 11 is 0. The number of carbonyl (C=O) groups excluding carboxylic acids is 1. The molecule has 1 amide bonds. The molecule has 0 aliphatic heterocycles. The largest absolute Gasteiger partial charge is 0.361 e. The van der Waals surface area contributed by atoms with Crippen LogP contribution in [0.3, 0.4) is 0 Å². The molecule has 1 N–H and O–H groups in total. The lowest BCUT2D eigenvalue weighted by Crippen LogP contribution is -2.44. The van der Waals surface area contributed by atoms with Crippen molar-refractivity contribution in [2.45, 2.75) is 32.7 Å². The van der Waals surface area contributed by atoms with Crippen molar-refractivity contribution in [3.05, 3.63) is 36.0 Å². The molecule has 0 fully saturated rings. The van der Waals surface area contributed by atoms with E-state index >= 15 is 0 Å². The Balaban J connectivity index is 2.43. The first kappa shape index (κ1) is 12.7. The fourth-order valence-corrected chi connectivity index (χ4v) is 1.96. The Morgan fingerprint density at radius 1 is 1.33 bits per heavy atom. The molecule has 0 unspecified atom stereocenters. The number of rotatable bonds is 3. The van der Waals surface area contributed by atoms with Gasteiger partial charge < -0.3 is 9.88 Å². The molecule has 18 heavy (non-hydrogen) atoms. The number of hydrogen-bond donors (Lipinski definition) is 1. The van der Waals surface area contributed by atoms with Gasteiger partial charge in [0.25, 0.3) is 5.91 Å². The lowest BCUT2D eigenvalue weighted by molar-refractivity contribution is 0.0622. The highest BCUT2D eigenvalue weighted by atomic mass is 16.2. The molecule has 0 aliphatic carbocycles. The first-order chi connectivity index (χ1) is 8.47. The zero-order chi connectivity index (χ0) is 13.3. The van der Waals surface area contributed by atoms with Crippen LogP contribution in [0.15, 0.2) is 30.5 Å². The Bertz CT molecular complexity index is 569. The van der Waals surface area contributed by atoms with Crippen LogP contribution < -0.4 is 0 Å². The summed E-state index contributed by atoms with van der Waals surface area (Å²) in [6.07, 6.45) is 2.80. The lowest BCUT2D eigenvalue weighted by atomic mass is 9.98. The van der Waals surface area contributed by atoms with Gasteiger partial charge in [0.15, 0.2) is 0 Å². The normalized spacial score (nSPS) is 11.8. The van der Waals surface area contributed by atoms with Gasteiger partial charge in [0.1, 0.15) is 0 Å². The Morgan fingerprint density at radius 2 is 2.06 bits per heavy atom. The molecule has 3 nitrogen and oxygen atoms in total. The van der Waals surface area contributed by atoms with E-state index in [0.717, 1.165) is 22.9 Å². The van der Waals surface area contributed by atoms with Gasteiger partial charge in [0.2, 0.25) is 0 Å². The third-order valence-electron chi connectivity index (χ3n) is 3.90. The van der Waals surface area contributed by atoms with Gasteiger partial charge in [-0.3, -0.25) is 4.79 Å². The molecule has 96 valence electrons. The number of carbonyl (C=O) groups is 1. The predicted molar refractivity (Wildman–Crippen MR) is 74.8 cm³/mol. The molecule has 2 rings (SSSR count). The second kappa shape index (κ2) is 4.48. The standard InChI is InChI=1S/C15H20N2O/c1-5-15(2,3)17(4)14(18)12-7-6-8-13-11(12)9-10-16-13/h6-10,16H,5H2,1-4H3. The van der Waals surface area contributed by atoms with Gasteiger partial charge in [-0.15, -0.1) is 0 Å². The van der Waals surface area contributed by atoms with Gasteiger partial charge in [0, 0.05) is 35.2 Å². The molecule has 3 heteroatoms. The lowest BCUT2D eigenvalue weighted by Gasteiger charge is -2.35. The van der Waals surface area contributed by atoms with Crippen LogP contribution in [0.2, 0.25) is 0 Å². The summed E-state index contributed by atoms with van der Waals surface area (Å²) < 4.78 is 0. The second-order valence-electron chi connectivity index (χ2n) is 5.27. The average molecular weight is 244 g/mol. The van der Waals surface area contributed by atoms with Crippen LogP contribution in [0.1, 0.15) is 37.6 Å². The molecule has 0 saturated heterocycles. The second-order valence-corrected chi connectivity index (χ2v) is 5.27. The summed E-state index contributed by atoms with van der Waals surface area (Å²) in [6.45, 7) is 6.27. The summed E-state index contributed by atoms with van der Waals surface area (Å²) in [5.41, 5.74) is 1.64. The molecule has 2 aromatic rings. The number of aromatic amines is 1. The molecule has 0 aliphatic rings. The highest BCUT2D eigenvalue weighted by Gasteiger charge is 2.27. The fourth-order valence-electron chi connectivity index (χ4n) is 1.96. The Morgan fingerprint density at radius 3 is 2.72 bits per heavy atom. The van der Waals surface area contributed by atoms with Crippen LogP contribution in [-0.4, -0.2) is 28.4 Å². The van der Waals surface area contributed by atoms with Crippen LogP contribution >= 0.6 is 0 Å². The van der Waals surface area contributed by atoms with Gasteiger partial charge >= 0.3 is 0 Å². The minimum Gasteiger partial charge on any atom is -0.361 e. The number of hydrogen-bond acceptors (Lipinski definition) is 1. The van der Waals surface area contributed by atoms with Crippen LogP contribution in [-0.2, 0) is 0 Å². The Hall–Kier alpha value is -1.77. The van der Waals surface area contributed by atoms with Gasteiger partial charge in [-0.25, -0.2) is 0 Å². The van der Waals surface area contributed by atoms with Crippen LogP contribution in [0, 0.1) is 0 Å². The van der Waals surface area contributed by atoms with E-state index < -0.39 is 0 Å². The van der Waals surface area contributed by atoms with Crippen molar-refractivity contribution >= 4 is 16.8 Å². The molecule has 0 spiro atoms. The van der Waals surface area contributed by atoms with Gasteiger partial charge in [-0.1, -0.05) is 13.0 Å².